The summed E-state index contributed by atoms with van der Waals surface area (Å²) in [7, 11) is 1.95. The number of aromatic nitrogens is 7. The van der Waals surface area contributed by atoms with Gasteiger partial charge in [-0.3, -0.25) is 4.98 Å². The van der Waals surface area contributed by atoms with E-state index in [-0.39, 0.29) is 0 Å². The molecule has 4 aromatic rings. The van der Waals surface area contributed by atoms with E-state index in [1.54, 1.807) is 25.0 Å². The molecular formula is C18H19N9. The zero-order valence-electron chi connectivity index (χ0n) is 15.2. The first-order valence-corrected chi connectivity index (χ1v) is 8.91. The van der Waals surface area contributed by atoms with Crippen LogP contribution < -0.4 is 9.80 Å². The van der Waals surface area contributed by atoms with Crippen molar-refractivity contribution in [2.75, 3.05) is 36.0 Å². The summed E-state index contributed by atoms with van der Waals surface area (Å²) in [5.74, 6) is 2.64. The number of imidazole rings is 1. The van der Waals surface area contributed by atoms with E-state index >= 15 is 0 Å². The predicted octanol–water partition coefficient (Wildman–Crippen LogP) is 1.34. The lowest BCUT2D eigenvalue weighted by molar-refractivity contribution is 0.643. The predicted molar refractivity (Wildman–Crippen MR) is 103 cm³/mol. The summed E-state index contributed by atoms with van der Waals surface area (Å²) in [4.78, 5) is 31.3. The van der Waals surface area contributed by atoms with Gasteiger partial charge in [-0.2, -0.15) is 0 Å². The van der Waals surface area contributed by atoms with Crippen molar-refractivity contribution in [3.8, 4) is 0 Å². The van der Waals surface area contributed by atoms with Crippen LogP contribution in [0.25, 0.3) is 22.1 Å². The molecule has 1 saturated heterocycles. The van der Waals surface area contributed by atoms with Crippen molar-refractivity contribution < 1.29 is 0 Å². The van der Waals surface area contributed by atoms with E-state index in [2.05, 4.69) is 34.7 Å². The molecule has 9 nitrogen and oxygen atoms in total. The smallest absolute Gasteiger partial charge is 0.165 e. The van der Waals surface area contributed by atoms with E-state index in [0.717, 1.165) is 65.7 Å². The summed E-state index contributed by atoms with van der Waals surface area (Å²) in [5, 5.41) is 1.04. The highest BCUT2D eigenvalue weighted by atomic mass is 15.3. The SMILES string of the molecule is Cc1nc(N2CCN(c3ncnc4c3ncn4C)CC2)c2ccncc2n1. The first kappa shape index (κ1) is 15.9. The van der Waals surface area contributed by atoms with Crippen LogP contribution in [0.3, 0.4) is 0 Å². The number of pyridine rings is 1. The van der Waals surface area contributed by atoms with Crippen LogP contribution in [-0.4, -0.2) is 60.6 Å². The Morgan fingerprint density at radius 2 is 1.70 bits per heavy atom. The maximum Gasteiger partial charge on any atom is 0.165 e. The molecule has 0 aliphatic carbocycles. The molecule has 0 spiro atoms. The van der Waals surface area contributed by atoms with Crippen molar-refractivity contribution >= 4 is 33.7 Å². The van der Waals surface area contributed by atoms with Gasteiger partial charge in [0, 0.05) is 44.8 Å². The topological polar surface area (TPSA) is 88.8 Å². The van der Waals surface area contributed by atoms with Crippen LogP contribution in [0.5, 0.6) is 0 Å². The van der Waals surface area contributed by atoms with Crippen LogP contribution in [0, 0.1) is 6.92 Å². The van der Waals surface area contributed by atoms with Gasteiger partial charge in [0.15, 0.2) is 17.0 Å². The van der Waals surface area contributed by atoms with E-state index < -0.39 is 0 Å². The molecule has 1 fully saturated rings. The van der Waals surface area contributed by atoms with Crippen molar-refractivity contribution in [1.29, 1.82) is 0 Å². The number of rotatable bonds is 2. The Bertz CT molecular complexity index is 1130. The number of piperazine rings is 1. The third-order valence-corrected chi connectivity index (χ3v) is 4.95. The zero-order valence-corrected chi connectivity index (χ0v) is 15.2. The molecule has 0 radical (unpaired) electrons. The molecule has 1 aliphatic heterocycles. The molecule has 0 amide bonds. The van der Waals surface area contributed by atoms with Gasteiger partial charge in [0.25, 0.3) is 0 Å². The fourth-order valence-electron chi connectivity index (χ4n) is 3.61. The average Bonchev–Trinajstić information content (AvgIpc) is 3.09. The Morgan fingerprint density at radius 1 is 0.926 bits per heavy atom. The molecule has 136 valence electrons. The third kappa shape index (κ3) is 2.62. The van der Waals surface area contributed by atoms with E-state index in [1.807, 2.05) is 24.6 Å². The lowest BCUT2D eigenvalue weighted by Gasteiger charge is -2.36. The molecule has 0 saturated carbocycles. The first-order valence-electron chi connectivity index (χ1n) is 8.91. The fraction of sp³-hybridized carbons (Fsp3) is 0.333. The van der Waals surface area contributed by atoms with Gasteiger partial charge in [0.1, 0.15) is 18.0 Å². The normalized spacial score (nSPS) is 15.0. The monoisotopic (exact) mass is 361 g/mol. The minimum Gasteiger partial charge on any atom is -0.352 e. The molecule has 0 bridgehead atoms. The van der Waals surface area contributed by atoms with E-state index in [1.165, 1.54) is 0 Å². The Labute approximate surface area is 155 Å². The maximum atomic E-state index is 4.70. The summed E-state index contributed by atoms with van der Waals surface area (Å²) in [5.41, 5.74) is 2.59. The fourth-order valence-corrected chi connectivity index (χ4v) is 3.61. The highest BCUT2D eigenvalue weighted by Crippen LogP contribution is 2.26. The molecule has 27 heavy (non-hydrogen) atoms. The summed E-state index contributed by atoms with van der Waals surface area (Å²) in [6.07, 6.45) is 6.98. The van der Waals surface area contributed by atoms with Crippen LogP contribution in [0.1, 0.15) is 5.82 Å². The second kappa shape index (κ2) is 6.11. The van der Waals surface area contributed by atoms with Crippen LogP contribution in [0.15, 0.2) is 31.1 Å². The van der Waals surface area contributed by atoms with E-state index in [9.17, 15) is 0 Å². The van der Waals surface area contributed by atoms with Gasteiger partial charge in [0.05, 0.1) is 18.0 Å². The number of hydrogen-bond donors (Lipinski definition) is 0. The number of anilines is 2. The van der Waals surface area contributed by atoms with Gasteiger partial charge in [-0.25, -0.2) is 24.9 Å². The van der Waals surface area contributed by atoms with Gasteiger partial charge in [-0.15, -0.1) is 0 Å². The Kier molecular flexibility index (Phi) is 3.59. The highest BCUT2D eigenvalue weighted by molar-refractivity contribution is 5.89. The van der Waals surface area contributed by atoms with Gasteiger partial charge in [-0.05, 0) is 13.0 Å². The minimum absolute atomic E-state index is 0.763. The molecule has 0 N–H and O–H groups in total. The molecule has 0 aromatic carbocycles. The van der Waals surface area contributed by atoms with Crippen LogP contribution in [0.2, 0.25) is 0 Å². The average molecular weight is 361 g/mol. The third-order valence-electron chi connectivity index (χ3n) is 4.95. The molecule has 5 heterocycles. The zero-order chi connectivity index (χ0) is 18.4. The van der Waals surface area contributed by atoms with Crippen LogP contribution in [0.4, 0.5) is 11.6 Å². The molecule has 1 aliphatic rings. The van der Waals surface area contributed by atoms with Crippen LogP contribution >= 0.6 is 0 Å². The van der Waals surface area contributed by atoms with Crippen molar-refractivity contribution in [1.82, 2.24) is 34.5 Å². The first-order chi connectivity index (χ1) is 13.2. The molecule has 0 atom stereocenters. The Morgan fingerprint density at radius 3 is 2.52 bits per heavy atom. The largest absolute Gasteiger partial charge is 0.352 e. The van der Waals surface area contributed by atoms with E-state index in [4.69, 9.17) is 4.98 Å². The quantitative estimate of drug-likeness (QED) is 0.528. The summed E-state index contributed by atoms with van der Waals surface area (Å²) in [6.45, 7) is 5.32. The summed E-state index contributed by atoms with van der Waals surface area (Å²) >= 11 is 0. The standard InChI is InChI=1S/C18H19N9/c1-12-23-14-9-19-4-3-13(14)16(24-12)26-5-7-27(8-6-26)18-15-17(20-10-21-18)25(2)11-22-15/h3-4,9-11H,5-8H2,1-2H3. The lowest BCUT2D eigenvalue weighted by Crippen LogP contribution is -2.47. The molecule has 5 rings (SSSR count). The molecule has 9 heteroatoms. The van der Waals surface area contributed by atoms with Crippen molar-refractivity contribution in [2.45, 2.75) is 6.92 Å². The van der Waals surface area contributed by atoms with Crippen LogP contribution in [-0.2, 0) is 7.05 Å². The summed E-state index contributed by atoms with van der Waals surface area (Å²) in [6, 6.07) is 1.98. The minimum atomic E-state index is 0.763. The van der Waals surface area contributed by atoms with Crippen molar-refractivity contribution in [3.63, 3.8) is 0 Å². The second-order valence-electron chi connectivity index (χ2n) is 6.69. The van der Waals surface area contributed by atoms with E-state index in [0.29, 0.717) is 0 Å². The number of fused-ring (bicyclic) bond motifs is 2. The van der Waals surface area contributed by atoms with Gasteiger partial charge in [0.2, 0.25) is 0 Å². The second-order valence-corrected chi connectivity index (χ2v) is 6.69. The Hall–Kier alpha value is -3.36. The van der Waals surface area contributed by atoms with Crippen molar-refractivity contribution in [3.05, 3.63) is 36.9 Å². The molecule has 4 aromatic heterocycles. The van der Waals surface area contributed by atoms with Gasteiger partial charge in [-0.1, -0.05) is 0 Å². The van der Waals surface area contributed by atoms with Gasteiger partial charge >= 0.3 is 0 Å². The van der Waals surface area contributed by atoms with Crippen molar-refractivity contribution in [2.24, 2.45) is 7.05 Å². The maximum absolute atomic E-state index is 4.70. The summed E-state index contributed by atoms with van der Waals surface area (Å²) < 4.78 is 1.92. The Balaban J connectivity index is 1.44. The lowest BCUT2D eigenvalue weighted by atomic mass is 10.2. The molecule has 0 unspecified atom stereocenters. The highest BCUT2D eigenvalue weighted by Gasteiger charge is 2.23. The number of hydrogen-bond acceptors (Lipinski definition) is 8. The van der Waals surface area contributed by atoms with Gasteiger partial charge < -0.3 is 14.4 Å². The number of nitrogens with zero attached hydrogens (tertiary/aromatic N) is 9. The molecular weight excluding hydrogens is 342 g/mol. The number of aryl methyl sites for hydroxylation is 2.